The van der Waals surface area contributed by atoms with E-state index in [4.69, 9.17) is 39.5 Å². The number of hydrogen-bond acceptors (Lipinski definition) is 6. The number of fused-ring (bicyclic) bond motifs is 4. The van der Waals surface area contributed by atoms with E-state index in [0.29, 0.717) is 0 Å². The van der Waals surface area contributed by atoms with Crippen molar-refractivity contribution in [2.75, 3.05) is 12.0 Å². The van der Waals surface area contributed by atoms with Gasteiger partial charge in [0.15, 0.2) is 44.5 Å². The number of allylic oxidation sites excluding steroid dienone is 2. The highest BCUT2D eigenvalue weighted by Crippen LogP contribution is 2.66. The Morgan fingerprint density at radius 1 is 0.894 bits per heavy atom. The Balaban J connectivity index is 1.63. The smallest absolute Gasteiger partial charge is 0.258 e. The summed E-state index contributed by atoms with van der Waals surface area (Å²) < 4.78 is 78.2. The highest BCUT2D eigenvalue weighted by atomic mass is 35.5. The van der Waals surface area contributed by atoms with Crippen molar-refractivity contribution >= 4 is 64.1 Å². The monoisotopic (exact) mass is 720 g/mol. The van der Waals surface area contributed by atoms with Crippen LogP contribution in [-0.2, 0) is 19.2 Å². The van der Waals surface area contributed by atoms with Crippen molar-refractivity contribution in [1.82, 2.24) is 4.90 Å². The molecule has 47 heavy (non-hydrogen) atoms. The predicted octanol–water partition coefficient (Wildman–Crippen LogP) is 6.11. The molecule has 2 aliphatic heterocycles. The van der Waals surface area contributed by atoms with Gasteiger partial charge in [-0.1, -0.05) is 23.3 Å². The van der Waals surface area contributed by atoms with Crippen molar-refractivity contribution in [2.45, 2.75) is 54.8 Å². The van der Waals surface area contributed by atoms with Gasteiger partial charge in [0.1, 0.15) is 5.69 Å². The number of carbonyl (C=O) groups is 4. The van der Waals surface area contributed by atoms with Crippen molar-refractivity contribution in [3.63, 3.8) is 0 Å². The lowest BCUT2D eigenvalue weighted by atomic mass is 9.56. The number of halogens is 8. The van der Waals surface area contributed by atoms with E-state index < -0.39 is 110 Å². The maximum Gasteiger partial charge on any atom is 0.258 e. The molecule has 2 saturated heterocycles. The number of rotatable bonds is 3. The number of likely N-dealkylation sites (tertiary alicyclic amines) is 1. The number of hydrogen-bond donors (Lipinski definition) is 1. The van der Waals surface area contributed by atoms with Crippen LogP contribution in [0.15, 0.2) is 23.8 Å². The summed E-state index contributed by atoms with van der Waals surface area (Å²) in [5, 5.41) is 10.1. The molecule has 2 aromatic rings. The van der Waals surface area contributed by atoms with Gasteiger partial charge < -0.3 is 9.84 Å². The molecular weight excluding hydrogens is 698 g/mol. The summed E-state index contributed by atoms with van der Waals surface area (Å²) in [5.41, 5.74) is -2.61. The van der Waals surface area contributed by atoms with Crippen LogP contribution in [-0.4, -0.2) is 56.0 Å². The number of benzene rings is 2. The van der Waals surface area contributed by atoms with Crippen LogP contribution in [0, 0.1) is 46.8 Å². The minimum Gasteiger partial charge on any atom is -0.503 e. The second kappa shape index (κ2) is 10.5. The third-order valence-electron chi connectivity index (χ3n) is 9.50. The number of ether oxygens (including phenoxy) is 1. The van der Waals surface area contributed by atoms with E-state index in [1.54, 1.807) is 26.8 Å². The van der Waals surface area contributed by atoms with Gasteiger partial charge in [0.2, 0.25) is 17.6 Å². The van der Waals surface area contributed by atoms with Crippen LogP contribution in [0.2, 0.25) is 5.02 Å². The molecule has 250 valence electrons. The summed E-state index contributed by atoms with van der Waals surface area (Å²) in [6, 6.07) is 2.38. The van der Waals surface area contributed by atoms with Gasteiger partial charge in [-0.15, -0.1) is 23.2 Å². The first-order chi connectivity index (χ1) is 21.7. The Bertz CT molecular complexity index is 1840. The number of amides is 4. The average Bonchev–Trinajstić information content (AvgIpc) is 3.35. The standard InChI is InChI=1S/C31H24Cl3F5N2O6/c1-29(2,3)41-25(43)12-6-5-11-13(16(12)26(41)44)9-30(33)27(45)40(23-21(38)19(36)18(35)20(37)22(23)39)28(46)31(30,34)17(11)10-7-14(32)24(42)15(8-10)47-4/h5,7-8,12-13,16-17,42H,6,9H2,1-4H3/t12-,13+,16-,17-,30+,31-/m0/s1. The zero-order valence-electron chi connectivity index (χ0n) is 24.9. The van der Waals surface area contributed by atoms with Crippen LogP contribution >= 0.6 is 34.8 Å². The average molecular weight is 722 g/mol. The molecule has 6 atom stereocenters. The van der Waals surface area contributed by atoms with Gasteiger partial charge in [-0.05, 0) is 57.2 Å². The molecule has 0 aromatic heterocycles. The highest BCUT2D eigenvalue weighted by Gasteiger charge is 2.77. The van der Waals surface area contributed by atoms with E-state index in [1.165, 1.54) is 19.2 Å². The number of methoxy groups -OCH3 is 1. The lowest BCUT2D eigenvalue weighted by Gasteiger charge is -2.50. The number of alkyl halides is 2. The molecular formula is C31H24Cl3F5N2O6. The Kier molecular flexibility index (Phi) is 7.51. The predicted molar refractivity (Wildman–Crippen MR) is 158 cm³/mol. The van der Waals surface area contributed by atoms with Crippen LogP contribution < -0.4 is 9.64 Å². The number of imide groups is 2. The molecule has 4 amide bonds. The van der Waals surface area contributed by atoms with Crippen molar-refractivity contribution in [3.8, 4) is 11.5 Å². The van der Waals surface area contributed by atoms with Crippen LogP contribution in [0.5, 0.6) is 11.5 Å². The van der Waals surface area contributed by atoms with Crippen LogP contribution in [0.25, 0.3) is 0 Å². The Labute approximate surface area is 279 Å². The van der Waals surface area contributed by atoms with Gasteiger partial charge in [0, 0.05) is 11.5 Å². The van der Waals surface area contributed by atoms with Gasteiger partial charge in [0.05, 0.1) is 24.0 Å². The maximum absolute atomic E-state index is 15.2. The van der Waals surface area contributed by atoms with Crippen molar-refractivity contribution < 1.29 is 51.0 Å². The fourth-order valence-electron chi connectivity index (χ4n) is 7.52. The van der Waals surface area contributed by atoms with E-state index in [0.717, 1.165) is 4.90 Å². The minimum atomic E-state index is -2.73. The molecule has 2 aromatic carbocycles. The number of nitrogens with zero attached hydrogens (tertiary/aromatic N) is 2. The molecule has 1 saturated carbocycles. The molecule has 2 aliphatic carbocycles. The van der Waals surface area contributed by atoms with Crippen LogP contribution in [0.4, 0.5) is 27.6 Å². The summed E-state index contributed by atoms with van der Waals surface area (Å²) in [5.74, 6) is -22.1. The van der Waals surface area contributed by atoms with Crippen molar-refractivity contribution in [1.29, 1.82) is 0 Å². The van der Waals surface area contributed by atoms with Gasteiger partial charge in [-0.2, -0.15) is 0 Å². The first-order valence-corrected chi connectivity index (χ1v) is 15.3. The highest BCUT2D eigenvalue weighted by molar-refractivity contribution is 6.58. The van der Waals surface area contributed by atoms with Gasteiger partial charge in [-0.3, -0.25) is 24.1 Å². The molecule has 3 fully saturated rings. The lowest BCUT2D eigenvalue weighted by Crippen LogP contribution is -2.60. The lowest BCUT2D eigenvalue weighted by molar-refractivity contribution is -0.145. The topological polar surface area (TPSA) is 104 Å². The minimum absolute atomic E-state index is 0.0102. The van der Waals surface area contributed by atoms with Crippen LogP contribution in [0.3, 0.4) is 0 Å². The third kappa shape index (κ3) is 4.18. The summed E-state index contributed by atoms with van der Waals surface area (Å²) in [4.78, 5) is 51.4. The SMILES string of the molecule is COc1cc([C@H]2C3=CC[C@@H]4C(=O)N(C(C)(C)C)C(=O)[C@@H]4[C@@H]3C[C@@]3(Cl)C(=O)N(c4c(F)c(F)c(F)c(F)c4F)C(=O)[C@@]23Cl)cc(Cl)c1O. The first kappa shape index (κ1) is 33.5. The van der Waals surface area contributed by atoms with Crippen molar-refractivity contribution in [2.24, 2.45) is 17.8 Å². The van der Waals surface area contributed by atoms with E-state index in [1.807, 2.05) is 0 Å². The molecule has 6 rings (SSSR count). The largest absolute Gasteiger partial charge is 0.503 e. The summed E-state index contributed by atoms with van der Waals surface area (Å²) >= 11 is 20.5. The number of anilines is 1. The molecule has 0 bridgehead atoms. The molecule has 4 aliphatic rings. The van der Waals surface area contributed by atoms with Crippen LogP contribution in [0.1, 0.15) is 45.1 Å². The van der Waals surface area contributed by atoms with Gasteiger partial charge >= 0.3 is 0 Å². The number of phenols is 1. The van der Waals surface area contributed by atoms with E-state index in [2.05, 4.69) is 0 Å². The second-order valence-corrected chi connectivity index (χ2v) is 14.6. The summed E-state index contributed by atoms with van der Waals surface area (Å²) in [6.07, 6.45) is 0.900. The molecule has 16 heteroatoms. The molecule has 1 N–H and O–H groups in total. The van der Waals surface area contributed by atoms with E-state index >= 15 is 8.78 Å². The van der Waals surface area contributed by atoms with E-state index in [9.17, 15) is 37.5 Å². The molecule has 0 radical (unpaired) electrons. The number of carbonyl (C=O) groups excluding carboxylic acids is 4. The zero-order valence-corrected chi connectivity index (χ0v) is 27.1. The number of aromatic hydroxyl groups is 1. The summed E-state index contributed by atoms with van der Waals surface area (Å²) in [7, 11) is 1.19. The summed E-state index contributed by atoms with van der Waals surface area (Å²) in [6.45, 7) is 4.95. The quantitative estimate of drug-likeness (QED) is 0.103. The molecule has 8 nitrogen and oxygen atoms in total. The zero-order chi connectivity index (χ0) is 34.9. The van der Waals surface area contributed by atoms with Gasteiger partial charge in [0.25, 0.3) is 11.8 Å². The van der Waals surface area contributed by atoms with E-state index in [-0.39, 0.29) is 33.2 Å². The Morgan fingerprint density at radius 2 is 1.47 bits per heavy atom. The maximum atomic E-state index is 15.2. The normalized spacial score (nSPS) is 30.4. The third-order valence-corrected chi connectivity index (χ3v) is 11.2. The van der Waals surface area contributed by atoms with Gasteiger partial charge in [-0.25, -0.2) is 26.9 Å². The van der Waals surface area contributed by atoms with Crippen molar-refractivity contribution in [3.05, 3.63) is 63.5 Å². The molecule has 0 unspecified atom stereocenters. The molecule has 2 heterocycles. The Morgan fingerprint density at radius 3 is 2.02 bits per heavy atom. The fraction of sp³-hybridized carbons (Fsp3) is 0.419. The Hall–Kier alpha value is -3.42. The first-order valence-electron chi connectivity index (χ1n) is 14.2. The second-order valence-electron chi connectivity index (χ2n) is 12.9. The number of phenolic OH excluding ortho intramolecular Hbond substituents is 1. The molecule has 0 spiro atoms. The fourth-order valence-corrected chi connectivity index (χ4v) is 8.67.